The zero-order chi connectivity index (χ0) is 14.9. The van der Waals surface area contributed by atoms with E-state index in [9.17, 15) is 13.2 Å². The molecular formula is C15H13F3N2O. The Morgan fingerprint density at radius 1 is 1.19 bits per heavy atom. The van der Waals surface area contributed by atoms with Gasteiger partial charge in [0.25, 0.3) is 0 Å². The van der Waals surface area contributed by atoms with Gasteiger partial charge in [0, 0.05) is 13.0 Å². The molecule has 3 nitrogen and oxygen atoms in total. The second kappa shape index (κ2) is 5.27. The first-order chi connectivity index (χ1) is 10.0. The number of hydrogen-bond donors (Lipinski definition) is 1. The summed E-state index contributed by atoms with van der Waals surface area (Å²) < 4.78 is 42.6. The van der Waals surface area contributed by atoms with Crippen LogP contribution in [-0.2, 0) is 19.1 Å². The van der Waals surface area contributed by atoms with Crippen molar-refractivity contribution in [3.05, 3.63) is 53.3 Å². The minimum atomic E-state index is -4.40. The molecule has 0 radical (unpaired) electrons. The monoisotopic (exact) mass is 294 g/mol. The Morgan fingerprint density at radius 3 is 2.76 bits per heavy atom. The number of fused-ring (bicyclic) bond motifs is 1. The summed E-state index contributed by atoms with van der Waals surface area (Å²) in [5.74, 6) is 0.912. The zero-order valence-electron chi connectivity index (χ0n) is 11.1. The molecule has 6 heteroatoms. The number of aromatic nitrogens is 1. The fraction of sp³-hybridized carbons (Fsp3) is 0.267. The average Bonchev–Trinajstić information content (AvgIpc) is 2.92. The van der Waals surface area contributed by atoms with Crippen LogP contribution in [0.1, 0.15) is 16.8 Å². The van der Waals surface area contributed by atoms with E-state index in [1.807, 2.05) is 18.2 Å². The number of benzene rings is 1. The minimum Gasteiger partial charge on any atom is -0.493 e. The molecule has 1 aliphatic rings. The summed E-state index contributed by atoms with van der Waals surface area (Å²) in [6, 6.07) is 8.26. The molecule has 3 rings (SSSR count). The second-order valence-electron chi connectivity index (χ2n) is 4.82. The molecule has 2 heterocycles. The van der Waals surface area contributed by atoms with Crippen molar-refractivity contribution in [2.45, 2.75) is 19.1 Å². The summed E-state index contributed by atoms with van der Waals surface area (Å²) in [7, 11) is 0. The Hall–Kier alpha value is -2.24. The quantitative estimate of drug-likeness (QED) is 0.938. The molecule has 0 saturated heterocycles. The molecule has 1 aromatic heterocycles. The van der Waals surface area contributed by atoms with E-state index in [2.05, 4.69) is 10.3 Å². The van der Waals surface area contributed by atoms with E-state index >= 15 is 0 Å². The van der Waals surface area contributed by atoms with E-state index in [0.717, 1.165) is 23.8 Å². The number of anilines is 1. The van der Waals surface area contributed by atoms with Crippen molar-refractivity contribution in [2.24, 2.45) is 0 Å². The summed E-state index contributed by atoms with van der Waals surface area (Å²) in [6.45, 7) is 1.23. The first kappa shape index (κ1) is 13.7. The minimum absolute atomic E-state index is 0.528. The molecule has 21 heavy (non-hydrogen) atoms. The molecule has 2 aromatic rings. The number of nitrogens with one attached hydrogen (secondary N) is 1. The Morgan fingerprint density at radius 2 is 2.05 bits per heavy atom. The van der Waals surface area contributed by atoms with Gasteiger partial charge in [0.1, 0.15) is 11.4 Å². The van der Waals surface area contributed by atoms with Gasteiger partial charge in [0.2, 0.25) is 0 Å². The Kier molecular flexibility index (Phi) is 3.45. The van der Waals surface area contributed by atoms with Crippen molar-refractivity contribution in [2.75, 3.05) is 11.9 Å². The molecule has 0 amide bonds. The van der Waals surface area contributed by atoms with Crippen LogP contribution in [0, 0.1) is 0 Å². The van der Waals surface area contributed by atoms with E-state index in [0.29, 0.717) is 18.8 Å². The van der Waals surface area contributed by atoms with E-state index < -0.39 is 11.9 Å². The highest BCUT2D eigenvalue weighted by molar-refractivity contribution is 5.44. The van der Waals surface area contributed by atoms with Crippen molar-refractivity contribution in [1.29, 1.82) is 0 Å². The van der Waals surface area contributed by atoms with Crippen molar-refractivity contribution < 1.29 is 17.9 Å². The zero-order valence-corrected chi connectivity index (χ0v) is 11.1. The van der Waals surface area contributed by atoms with Gasteiger partial charge >= 0.3 is 6.18 Å². The van der Waals surface area contributed by atoms with Crippen LogP contribution in [0.5, 0.6) is 5.75 Å². The van der Waals surface area contributed by atoms with Gasteiger partial charge in [-0.05, 0) is 29.3 Å². The van der Waals surface area contributed by atoms with Crippen LogP contribution < -0.4 is 10.1 Å². The third kappa shape index (κ3) is 3.09. The van der Waals surface area contributed by atoms with E-state index in [-0.39, 0.29) is 0 Å². The lowest BCUT2D eigenvalue weighted by molar-refractivity contribution is -0.141. The maximum absolute atomic E-state index is 12.4. The SMILES string of the molecule is FC(F)(F)c1ccc(NCc2ccc3c(c2)CCO3)cn1. The number of hydrogen-bond acceptors (Lipinski definition) is 3. The molecule has 110 valence electrons. The molecule has 1 N–H and O–H groups in total. The molecule has 1 aliphatic heterocycles. The molecule has 1 aromatic carbocycles. The predicted octanol–water partition coefficient (Wildman–Crippen LogP) is 3.65. The standard InChI is InChI=1S/C15H13F3N2O/c16-15(17,18)14-4-2-12(9-20-14)19-8-10-1-3-13-11(7-10)5-6-21-13/h1-4,7,9,19H,5-6,8H2. The van der Waals surface area contributed by atoms with Gasteiger partial charge in [0.05, 0.1) is 18.5 Å². The number of alkyl halides is 3. The third-order valence-electron chi connectivity index (χ3n) is 3.30. The van der Waals surface area contributed by atoms with Gasteiger partial charge in [0.15, 0.2) is 0 Å². The number of nitrogens with zero attached hydrogens (tertiary/aromatic N) is 1. The number of ether oxygens (including phenoxy) is 1. The average molecular weight is 294 g/mol. The number of halogens is 3. The molecule has 0 aliphatic carbocycles. The fourth-order valence-corrected chi connectivity index (χ4v) is 2.22. The lowest BCUT2D eigenvalue weighted by Crippen LogP contribution is -2.08. The van der Waals surface area contributed by atoms with E-state index in [4.69, 9.17) is 4.74 Å². The van der Waals surface area contributed by atoms with E-state index in [1.165, 1.54) is 17.8 Å². The van der Waals surface area contributed by atoms with Gasteiger partial charge in [-0.25, -0.2) is 4.98 Å². The Balaban J connectivity index is 1.65. The molecule has 0 fully saturated rings. The largest absolute Gasteiger partial charge is 0.493 e. The fourth-order valence-electron chi connectivity index (χ4n) is 2.22. The molecule has 0 atom stereocenters. The van der Waals surface area contributed by atoms with Gasteiger partial charge in [-0.15, -0.1) is 0 Å². The van der Waals surface area contributed by atoms with Gasteiger partial charge in [-0.2, -0.15) is 13.2 Å². The summed E-state index contributed by atoms with van der Waals surface area (Å²) in [5.41, 5.74) is 1.89. The van der Waals surface area contributed by atoms with Crippen LogP contribution in [0.4, 0.5) is 18.9 Å². The van der Waals surface area contributed by atoms with Crippen molar-refractivity contribution in [3.8, 4) is 5.75 Å². The lowest BCUT2D eigenvalue weighted by atomic mass is 10.1. The van der Waals surface area contributed by atoms with Crippen molar-refractivity contribution in [3.63, 3.8) is 0 Å². The molecule has 0 unspecified atom stereocenters. The highest BCUT2D eigenvalue weighted by atomic mass is 19.4. The summed E-state index contributed by atoms with van der Waals surface area (Å²) in [6.07, 6.45) is -2.32. The van der Waals surface area contributed by atoms with Crippen LogP contribution in [0.25, 0.3) is 0 Å². The van der Waals surface area contributed by atoms with Gasteiger partial charge in [-0.1, -0.05) is 12.1 Å². The first-order valence-corrected chi connectivity index (χ1v) is 6.54. The highest BCUT2D eigenvalue weighted by Gasteiger charge is 2.31. The van der Waals surface area contributed by atoms with Crippen molar-refractivity contribution in [1.82, 2.24) is 4.98 Å². The van der Waals surface area contributed by atoms with Gasteiger partial charge < -0.3 is 10.1 Å². The maximum Gasteiger partial charge on any atom is 0.433 e. The number of rotatable bonds is 3. The summed E-state index contributed by atoms with van der Waals surface area (Å²) in [5, 5.41) is 3.06. The smallest absolute Gasteiger partial charge is 0.433 e. The first-order valence-electron chi connectivity index (χ1n) is 6.54. The van der Waals surface area contributed by atoms with Gasteiger partial charge in [-0.3, -0.25) is 0 Å². The predicted molar refractivity (Wildman–Crippen MR) is 72.2 cm³/mol. The van der Waals surface area contributed by atoms with E-state index in [1.54, 1.807) is 0 Å². The van der Waals surface area contributed by atoms with Crippen LogP contribution >= 0.6 is 0 Å². The second-order valence-corrected chi connectivity index (χ2v) is 4.82. The van der Waals surface area contributed by atoms with Crippen LogP contribution in [0.3, 0.4) is 0 Å². The topological polar surface area (TPSA) is 34.1 Å². The van der Waals surface area contributed by atoms with Crippen LogP contribution in [-0.4, -0.2) is 11.6 Å². The molecular weight excluding hydrogens is 281 g/mol. The van der Waals surface area contributed by atoms with Crippen LogP contribution in [0.2, 0.25) is 0 Å². The molecule has 0 bridgehead atoms. The lowest BCUT2D eigenvalue weighted by Gasteiger charge is -2.09. The van der Waals surface area contributed by atoms with Crippen molar-refractivity contribution >= 4 is 5.69 Å². The maximum atomic E-state index is 12.4. The summed E-state index contributed by atoms with van der Waals surface area (Å²) in [4.78, 5) is 3.41. The normalized spacial score (nSPS) is 13.7. The molecule has 0 saturated carbocycles. The Labute approximate surface area is 119 Å². The molecule has 0 spiro atoms. The third-order valence-corrected chi connectivity index (χ3v) is 3.30. The van der Waals surface area contributed by atoms with Crippen LogP contribution in [0.15, 0.2) is 36.5 Å². The Bertz CT molecular complexity index is 638. The summed E-state index contributed by atoms with van der Waals surface area (Å²) >= 11 is 0. The number of pyridine rings is 1. The highest BCUT2D eigenvalue weighted by Crippen LogP contribution is 2.28.